The van der Waals surface area contributed by atoms with Crippen LogP contribution < -0.4 is 5.32 Å². The summed E-state index contributed by atoms with van der Waals surface area (Å²) >= 11 is 1.33. The third-order valence-electron chi connectivity index (χ3n) is 4.84. The van der Waals surface area contributed by atoms with Gasteiger partial charge < -0.3 is 10.1 Å². The number of hydrogen-bond donors (Lipinski definition) is 1. The molecule has 0 radical (unpaired) electrons. The van der Waals surface area contributed by atoms with Crippen LogP contribution in [0.15, 0.2) is 47.5 Å². The number of amides is 2. The number of ether oxygens (including phenoxy) is 1. The number of methoxy groups -OCH3 is 1. The zero-order valence-corrected chi connectivity index (χ0v) is 18.6. The molecule has 7 heteroatoms. The number of benzene rings is 2. The fraction of sp³-hybridized carbons (Fsp3) is 0.348. The van der Waals surface area contributed by atoms with Crippen LogP contribution in [-0.2, 0) is 14.3 Å². The summed E-state index contributed by atoms with van der Waals surface area (Å²) in [5.74, 6) is -0.295. The van der Waals surface area contributed by atoms with Crippen molar-refractivity contribution in [1.29, 1.82) is 0 Å². The molecule has 1 N–H and O–H groups in total. The number of aryl methyl sites for hydroxylation is 3. The fourth-order valence-electron chi connectivity index (χ4n) is 3.08. The van der Waals surface area contributed by atoms with Crippen LogP contribution in [0, 0.1) is 20.8 Å². The Morgan fingerprint density at radius 2 is 1.83 bits per heavy atom. The van der Waals surface area contributed by atoms with Crippen molar-refractivity contribution in [3.05, 3.63) is 59.2 Å². The first-order valence-electron chi connectivity index (χ1n) is 9.87. The number of nitrogens with one attached hydrogen (secondary N) is 1. The molecule has 6 nitrogen and oxygen atoms in total. The van der Waals surface area contributed by atoms with Gasteiger partial charge in [0, 0.05) is 19.2 Å². The van der Waals surface area contributed by atoms with E-state index in [1.165, 1.54) is 11.8 Å². The second-order valence-corrected chi connectivity index (χ2v) is 8.56. The van der Waals surface area contributed by atoms with Crippen LogP contribution in [0.1, 0.15) is 23.1 Å². The maximum atomic E-state index is 13.0. The lowest BCUT2D eigenvalue weighted by atomic mass is 10.1. The van der Waals surface area contributed by atoms with Crippen LogP contribution in [0.5, 0.6) is 0 Å². The minimum absolute atomic E-state index is 0.0906. The molecule has 0 saturated carbocycles. The molecule has 2 amide bonds. The summed E-state index contributed by atoms with van der Waals surface area (Å²) < 4.78 is 5.15. The molecule has 158 valence electrons. The highest BCUT2D eigenvalue weighted by Crippen LogP contribution is 2.32. The molecule has 1 unspecified atom stereocenters. The zero-order valence-electron chi connectivity index (χ0n) is 17.8. The Hall–Kier alpha value is -2.64. The molecule has 2 aromatic carbocycles. The first-order valence-corrected chi connectivity index (χ1v) is 10.7. The van der Waals surface area contributed by atoms with Crippen molar-refractivity contribution < 1.29 is 14.3 Å². The average Bonchev–Trinajstić information content (AvgIpc) is 2.99. The Morgan fingerprint density at radius 3 is 2.53 bits per heavy atom. The molecular formula is C23H27N3O3S. The molecule has 0 spiro atoms. The summed E-state index contributed by atoms with van der Waals surface area (Å²) in [6, 6.07) is 13.7. The van der Waals surface area contributed by atoms with Gasteiger partial charge in [0.1, 0.15) is 5.25 Å². The number of carbonyl (C=O) groups is 2. The number of anilines is 1. The molecule has 1 fully saturated rings. The Bertz CT molecular complexity index is 957. The van der Waals surface area contributed by atoms with Gasteiger partial charge in [-0.25, -0.2) is 4.99 Å². The molecule has 3 rings (SSSR count). The Morgan fingerprint density at radius 1 is 1.13 bits per heavy atom. The van der Waals surface area contributed by atoms with E-state index < -0.39 is 5.25 Å². The number of amidine groups is 1. The quantitative estimate of drug-likeness (QED) is 0.721. The molecule has 1 saturated heterocycles. The van der Waals surface area contributed by atoms with Gasteiger partial charge in [0.15, 0.2) is 5.17 Å². The van der Waals surface area contributed by atoms with Crippen molar-refractivity contribution in [1.82, 2.24) is 4.90 Å². The Kier molecular flexibility index (Phi) is 7.29. The van der Waals surface area contributed by atoms with E-state index in [0.29, 0.717) is 18.3 Å². The number of carbonyl (C=O) groups excluding carboxylic acids is 2. The lowest BCUT2D eigenvalue weighted by molar-refractivity contribution is -0.128. The molecule has 0 aromatic heterocycles. The van der Waals surface area contributed by atoms with E-state index in [-0.39, 0.29) is 18.2 Å². The van der Waals surface area contributed by atoms with E-state index >= 15 is 0 Å². The molecule has 1 aliphatic heterocycles. The predicted octanol–water partition coefficient (Wildman–Crippen LogP) is 4.22. The highest BCUT2D eigenvalue weighted by atomic mass is 32.2. The zero-order chi connectivity index (χ0) is 21.7. The lowest BCUT2D eigenvalue weighted by Crippen LogP contribution is -2.35. The van der Waals surface area contributed by atoms with Crippen LogP contribution in [0.2, 0.25) is 0 Å². The third kappa shape index (κ3) is 5.49. The number of hydrogen-bond acceptors (Lipinski definition) is 5. The standard InChI is InChI=1S/C23H27N3O3S/c1-15-6-9-18(10-7-15)24-23-26(11-12-29-4)22(28)20(30-23)14-21(27)25-19-13-16(2)5-8-17(19)3/h5-10,13,20H,11-12,14H2,1-4H3,(H,25,27). The summed E-state index contributed by atoms with van der Waals surface area (Å²) in [7, 11) is 1.60. The second kappa shape index (κ2) is 9.91. The Balaban J connectivity index is 1.74. The van der Waals surface area contributed by atoms with Crippen molar-refractivity contribution in [3.8, 4) is 0 Å². The van der Waals surface area contributed by atoms with E-state index in [0.717, 1.165) is 28.1 Å². The summed E-state index contributed by atoms with van der Waals surface area (Å²) in [6.07, 6.45) is 0.0906. The smallest absolute Gasteiger partial charge is 0.242 e. The number of aliphatic imine (C=N–C) groups is 1. The van der Waals surface area contributed by atoms with E-state index in [1.807, 2.05) is 63.2 Å². The fourth-order valence-corrected chi connectivity index (χ4v) is 4.27. The normalized spacial score (nSPS) is 17.6. The van der Waals surface area contributed by atoms with Crippen LogP contribution in [0.4, 0.5) is 11.4 Å². The van der Waals surface area contributed by atoms with E-state index in [4.69, 9.17) is 4.74 Å². The van der Waals surface area contributed by atoms with Gasteiger partial charge >= 0.3 is 0 Å². The average molecular weight is 426 g/mol. The topological polar surface area (TPSA) is 71.0 Å². The van der Waals surface area contributed by atoms with Crippen LogP contribution in [-0.4, -0.2) is 47.4 Å². The minimum Gasteiger partial charge on any atom is -0.383 e. The first-order chi connectivity index (χ1) is 14.4. The van der Waals surface area contributed by atoms with Gasteiger partial charge in [-0.05, 0) is 50.1 Å². The van der Waals surface area contributed by atoms with E-state index in [1.54, 1.807) is 12.0 Å². The molecule has 0 bridgehead atoms. The second-order valence-electron chi connectivity index (χ2n) is 7.39. The summed E-state index contributed by atoms with van der Waals surface area (Å²) in [4.78, 5) is 31.9. The summed E-state index contributed by atoms with van der Waals surface area (Å²) in [5, 5.41) is 3.04. The molecule has 0 aliphatic carbocycles. The van der Waals surface area contributed by atoms with Gasteiger partial charge in [-0.3, -0.25) is 14.5 Å². The number of nitrogens with zero attached hydrogens (tertiary/aromatic N) is 2. The highest BCUT2D eigenvalue weighted by Gasteiger charge is 2.39. The van der Waals surface area contributed by atoms with Gasteiger partial charge in [0.25, 0.3) is 0 Å². The lowest BCUT2D eigenvalue weighted by Gasteiger charge is -2.16. The van der Waals surface area contributed by atoms with Gasteiger partial charge in [0.05, 0.1) is 18.8 Å². The monoisotopic (exact) mass is 425 g/mol. The summed E-state index contributed by atoms with van der Waals surface area (Å²) in [6.45, 7) is 6.75. The van der Waals surface area contributed by atoms with Crippen molar-refractivity contribution >= 4 is 40.1 Å². The Labute approximate surface area is 181 Å². The highest BCUT2D eigenvalue weighted by molar-refractivity contribution is 8.15. The number of rotatable bonds is 7. The maximum absolute atomic E-state index is 13.0. The molecule has 1 aliphatic rings. The SMILES string of the molecule is COCCN1C(=O)C(CC(=O)Nc2cc(C)ccc2C)SC1=Nc1ccc(C)cc1. The van der Waals surface area contributed by atoms with Crippen LogP contribution in [0.25, 0.3) is 0 Å². The molecule has 30 heavy (non-hydrogen) atoms. The van der Waals surface area contributed by atoms with Crippen molar-refractivity contribution in [2.24, 2.45) is 4.99 Å². The van der Waals surface area contributed by atoms with Crippen LogP contribution in [0.3, 0.4) is 0 Å². The van der Waals surface area contributed by atoms with Gasteiger partial charge in [-0.2, -0.15) is 0 Å². The molecular weight excluding hydrogens is 398 g/mol. The molecule has 2 aromatic rings. The third-order valence-corrected chi connectivity index (χ3v) is 6.01. The van der Waals surface area contributed by atoms with Gasteiger partial charge in [0.2, 0.25) is 11.8 Å². The minimum atomic E-state index is -0.504. The number of thioether (sulfide) groups is 1. The predicted molar refractivity (Wildman–Crippen MR) is 122 cm³/mol. The van der Waals surface area contributed by atoms with E-state index in [9.17, 15) is 9.59 Å². The van der Waals surface area contributed by atoms with Crippen molar-refractivity contribution in [2.75, 3.05) is 25.6 Å². The van der Waals surface area contributed by atoms with Crippen LogP contribution >= 0.6 is 11.8 Å². The van der Waals surface area contributed by atoms with E-state index in [2.05, 4.69) is 10.3 Å². The van der Waals surface area contributed by atoms with Gasteiger partial charge in [-0.1, -0.05) is 41.6 Å². The largest absolute Gasteiger partial charge is 0.383 e. The first kappa shape index (κ1) is 22.1. The summed E-state index contributed by atoms with van der Waals surface area (Å²) in [5.41, 5.74) is 4.76. The van der Waals surface area contributed by atoms with Crippen molar-refractivity contribution in [2.45, 2.75) is 32.4 Å². The maximum Gasteiger partial charge on any atom is 0.242 e. The van der Waals surface area contributed by atoms with Crippen molar-refractivity contribution in [3.63, 3.8) is 0 Å². The van der Waals surface area contributed by atoms with Gasteiger partial charge in [-0.15, -0.1) is 0 Å². The molecule has 1 atom stereocenters. The molecule has 1 heterocycles.